The van der Waals surface area contributed by atoms with E-state index in [2.05, 4.69) is 22.3 Å². The highest BCUT2D eigenvalue weighted by Gasteiger charge is 2.23. The lowest BCUT2D eigenvalue weighted by atomic mass is 10.1. The molecule has 2 heterocycles. The molecule has 140 valence electrons. The number of fused-ring (bicyclic) bond motifs is 1. The first-order valence-electron chi connectivity index (χ1n) is 9.39. The van der Waals surface area contributed by atoms with E-state index in [0.717, 1.165) is 30.6 Å². The van der Waals surface area contributed by atoms with Crippen molar-refractivity contribution >= 4 is 16.9 Å². The Hall–Kier alpha value is -2.79. The van der Waals surface area contributed by atoms with Crippen molar-refractivity contribution in [2.75, 3.05) is 26.7 Å². The summed E-state index contributed by atoms with van der Waals surface area (Å²) in [5, 5.41) is 4.02. The molecule has 0 bridgehead atoms. The van der Waals surface area contributed by atoms with Crippen LogP contribution in [0.1, 0.15) is 35.0 Å². The molecule has 1 amide bonds. The lowest BCUT2D eigenvalue weighted by molar-refractivity contribution is 0.0901. The van der Waals surface area contributed by atoms with Gasteiger partial charge in [-0.3, -0.25) is 4.79 Å². The number of hydrogen-bond donors (Lipinski definition) is 1. The second-order valence-electron chi connectivity index (χ2n) is 6.93. The van der Waals surface area contributed by atoms with Crippen LogP contribution in [-0.2, 0) is 0 Å². The number of para-hydroxylation sites is 1. The maximum atomic E-state index is 12.9. The number of ether oxygens (including phenoxy) is 1. The molecule has 1 atom stereocenters. The van der Waals surface area contributed by atoms with E-state index in [4.69, 9.17) is 9.15 Å². The first kappa shape index (κ1) is 17.6. The molecule has 5 nitrogen and oxygen atoms in total. The second kappa shape index (κ2) is 7.84. The standard InChI is InChI=1S/C22H24N2O3/c1-26-19-11-7-10-17-14-20(27-21(17)19)22(25)23-18(15-24-12-5-6-13-24)16-8-3-2-4-9-16/h2-4,7-11,14,18H,5-6,12-13,15H2,1H3,(H,23,25). The molecule has 1 unspecified atom stereocenters. The van der Waals surface area contributed by atoms with Crippen molar-refractivity contribution in [3.05, 3.63) is 65.9 Å². The molecule has 0 aliphatic carbocycles. The van der Waals surface area contributed by atoms with Crippen LogP contribution >= 0.6 is 0 Å². The maximum absolute atomic E-state index is 12.9. The lowest BCUT2D eigenvalue weighted by Gasteiger charge is -2.24. The monoisotopic (exact) mass is 364 g/mol. The van der Waals surface area contributed by atoms with Crippen molar-refractivity contribution in [2.45, 2.75) is 18.9 Å². The predicted molar refractivity (Wildman–Crippen MR) is 105 cm³/mol. The lowest BCUT2D eigenvalue weighted by Crippen LogP contribution is -2.36. The molecule has 4 rings (SSSR count). The Morgan fingerprint density at radius 1 is 1.15 bits per heavy atom. The Kier molecular flexibility index (Phi) is 5.12. The van der Waals surface area contributed by atoms with Crippen LogP contribution in [0.3, 0.4) is 0 Å². The van der Waals surface area contributed by atoms with Gasteiger partial charge in [0.05, 0.1) is 13.2 Å². The summed E-state index contributed by atoms with van der Waals surface area (Å²) in [5.74, 6) is 0.724. The maximum Gasteiger partial charge on any atom is 0.287 e. The molecule has 2 aromatic carbocycles. The Morgan fingerprint density at radius 3 is 2.67 bits per heavy atom. The molecule has 0 saturated carbocycles. The van der Waals surface area contributed by atoms with E-state index >= 15 is 0 Å². The number of likely N-dealkylation sites (tertiary alicyclic amines) is 1. The van der Waals surface area contributed by atoms with E-state index in [0.29, 0.717) is 17.1 Å². The summed E-state index contributed by atoms with van der Waals surface area (Å²) in [6.07, 6.45) is 2.44. The molecule has 0 spiro atoms. The average molecular weight is 364 g/mol. The van der Waals surface area contributed by atoms with Gasteiger partial charge >= 0.3 is 0 Å². The zero-order valence-electron chi connectivity index (χ0n) is 15.5. The summed E-state index contributed by atoms with van der Waals surface area (Å²) in [5.41, 5.74) is 1.70. The Morgan fingerprint density at radius 2 is 1.93 bits per heavy atom. The fourth-order valence-corrected chi connectivity index (χ4v) is 3.68. The molecule has 3 aromatic rings. The summed E-state index contributed by atoms with van der Waals surface area (Å²) < 4.78 is 11.1. The quantitative estimate of drug-likeness (QED) is 0.718. The van der Waals surface area contributed by atoms with Crippen molar-refractivity contribution < 1.29 is 13.9 Å². The van der Waals surface area contributed by atoms with Crippen molar-refractivity contribution in [1.82, 2.24) is 10.2 Å². The fourth-order valence-electron chi connectivity index (χ4n) is 3.68. The number of nitrogens with zero attached hydrogens (tertiary/aromatic N) is 1. The highest BCUT2D eigenvalue weighted by atomic mass is 16.5. The third-order valence-corrected chi connectivity index (χ3v) is 5.10. The summed E-state index contributed by atoms with van der Waals surface area (Å²) >= 11 is 0. The second-order valence-corrected chi connectivity index (χ2v) is 6.93. The van der Waals surface area contributed by atoms with Crippen molar-refractivity contribution in [2.24, 2.45) is 0 Å². The van der Waals surface area contributed by atoms with Gasteiger partial charge in [-0.05, 0) is 43.6 Å². The zero-order chi connectivity index (χ0) is 18.6. The summed E-state index contributed by atoms with van der Waals surface area (Å²) in [7, 11) is 1.60. The molecular formula is C22H24N2O3. The van der Waals surface area contributed by atoms with Gasteiger partial charge in [-0.25, -0.2) is 0 Å². The molecule has 1 saturated heterocycles. The van der Waals surface area contributed by atoms with Crippen LogP contribution in [0.4, 0.5) is 0 Å². The number of carbonyl (C=O) groups excluding carboxylic acids is 1. The number of nitrogens with one attached hydrogen (secondary N) is 1. The Bertz CT molecular complexity index is 914. The van der Waals surface area contributed by atoms with Crippen LogP contribution in [-0.4, -0.2) is 37.6 Å². The minimum absolute atomic E-state index is 0.0769. The highest BCUT2D eigenvalue weighted by Crippen LogP contribution is 2.29. The number of benzene rings is 2. The number of methoxy groups -OCH3 is 1. The third-order valence-electron chi connectivity index (χ3n) is 5.10. The van der Waals surface area contributed by atoms with E-state index in [1.54, 1.807) is 13.2 Å². The van der Waals surface area contributed by atoms with Crippen molar-refractivity contribution in [3.63, 3.8) is 0 Å². The van der Waals surface area contributed by atoms with Crippen LogP contribution in [0, 0.1) is 0 Å². The smallest absolute Gasteiger partial charge is 0.287 e. The van der Waals surface area contributed by atoms with Gasteiger partial charge in [0, 0.05) is 11.9 Å². The Balaban J connectivity index is 1.57. The number of rotatable bonds is 6. The molecule has 1 fully saturated rings. The van der Waals surface area contributed by atoms with E-state index in [-0.39, 0.29) is 11.9 Å². The Labute approximate surface area is 158 Å². The molecular weight excluding hydrogens is 340 g/mol. The summed E-state index contributed by atoms with van der Waals surface area (Å²) in [6.45, 7) is 2.97. The first-order chi connectivity index (χ1) is 13.2. The zero-order valence-corrected chi connectivity index (χ0v) is 15.5. The van der Waals surface area contributed by atoms with Gasteiger partial charge in [0.25, 0.3) is 5.91 Å². The predicted octanol–water partition coefficient (Wildman–Crippen LogP) is 4.01. The van der Waals surface area contributed by atoms with Crippen LogP contribution < -0.4 is 10.1 Å². The van der Waals surface area contributed by atoms with Crippen molar-refractivity contribution in [3.8, 4) is 5.75 Å². The minimum atomic E-state index is -0.207. The minimum Gasteiger partial charge on any atom is -0.493 e. The van der Waals surface area contributed by atoms with Gasteiger partial charge in [-0.1, -0.05) is 42.5 Å². The number of hydrogen-bond acceptors (Lipinski definition) is 4. The van der Waals surface area contributed by atoms with E-state index in [1.807, 2.05) is 36.4 Å². The summed E-state index contributed by atoms with van der Waals surface area (Å²) in [6, 6.07) is 17.4. The molecule has 1 aliphatic heterocycles. The number of carbonyl (C=O) groups is 1. The fraction of sp³-hybridized carbons (Fsp3) is 0.318. The van der Waals surface area contributed by atoms with E-state index in [9.17, 15) is 4.79 Å². The van der Waals surface area contributed by atoms with Gasteiger partial charge in [0.15, 0.2) is 17.1 Å². The van der Waals surface area contributed by atoms with Gasteiger partial charge in [0.2, 0.25) is 0 Å². The van der Waals surface area contributed by atoms with E-state index in [1.165, 1.54) is 12.8 Å². The molecule has 0 radical (unpaired) electrons. The van der Waals surface area contributed by atoms with Crippen LogP contribution in [0.15, 0.2) is 59.0 Å². The SMILES string of the molecule is COc1cccc2cc(C(=O)NC(CN3CCCC3)c3ccccc3)oc12. The molecule has 1 aromatic heterocycles. The normalized spacial score (nSPS) is 15.7. The van der Waals surface area contributed by atoms with Crippen LogP contribution in [0.2, 0.25) is 0 Å². The van der Waals surface area contributed by atoms with Crippen LogP contribution in [0.5, 0.6) is 5.75 Å². The molecule has 5 heteroatoms. The number of amides is 1. The molecule has 1 N–H and O–H groups in total. The van der Waals surface area contributed by atoms with Gasteiger partial charge in [-0.15, -0.1) is 0 Å². The largest absolute Gasteiger partial charge is 0.493 e. The van der Waals surface area contributed by atoms with Crippen molar-refractivity contribution in [1.29, 1.82) is 0 Å². The van der Waals surface area contributed by atoms with Gasteiger partial charge < -0.3 is 19.4 Å². The first-order valence-corrected chi connectivity index (χ1v) is 9.39. The topological polar surface area (TPSA) is 54.7 Å². The average Bonchev–Trinajstić information content (AvgIpc) is 3.37. The van der Waals surface area contributed by atoms with Gasteiger partial charge in [0.1, 0.15) is 0 Å². The van der Waals surface area contributed by atoms with Gasteiger partial charge in [-0.2, -0.15) is 0 Å². The highest BCUT2D eigenvalue weighted by molar-refractivity contribution is 5.97. The van der Waals surface area contributed by atoms with E-state index < -0.39 is 0 Å². The third kappa shape index (κ3) is 3.83. The summed E-state index contributed by atoms with van der Waals surface area (Å²) in [4.78, 5) is 15.3. The van der Waals surface area contributed by atoms with Crippen LogP contribution in [0.25, 0.3) is 11.0 Å². The molecule has 1 aliphatic rings. The number of furan rings is 1. The molecule has 27 heavy (non-hydrogen) atoms.